The zero-order valence-corrected chi connectivity index (χ0v) is 12.8. The lowest BCUT2D eigenvalue weighted by atomic mass is 10.0. The van der Waals surface area contributed by atoms with Gasteiger partial charge in [0, 0.05) is 5.56 Å². The molecule has 0 atom stereocenters. The van der Waals surface area contributed by atoms with E-state index in [9.17, 15) is 9.59 Å². The van der Waals surface area contributed by atoms with Gasteiger partial charge in [0.05, 0.1) is 6.61 Å². The summed E-state index contributed by atoms with van der Waals surface area (Å²) >= 11 is 0. The fourth-order valence-corrected chi connectivity index (χ4v) is 2.23. The molecule has 0 N–H and O–H groups in total. The molecule has 0 radical (unpaired) electrons. The quantitative estimate of drug-likeness (QED) is 0.605. The van der Waals surface area contributed by atoms with Crippen LogP contribution in [0.4, 0.5) is 0 Å². The number of furan rings is 1. The molecule has 0 unspecified atom stereocenters. The number of aryl methyl sites for hydroxylation is 2. The summed E-state index contributed by atoms with van der Waals surface area (Å²) in [4.78, 5) is 22.1. The molecule has 1 aromatic carbocycles. The van der Waals surface area contributed by atoms with E-state index in [0.29, 0.717) is 24.4 Å². The number of aldehydes is 1. The molecule has 2 rings (SSSR count). The van der Waals surface area contributed by atoms with E-state index >= 15 is 0 Å². The first-order valence-corrected chi connectivity index (χ1v) is 7.00. The Balaban J connectivity index is 2.21. The van der Waals surface area contributed by atoms with Gasteiger partial charge in [0.2, 0.25) is 0 Å². The number of hydrogen-bond acceptors (Lipinski definition) is 5. The zero-order valence-electron chi connectivity index (χ0n) is 12.8. The predicted octanol–water partition coefficient (Wildman–Crippen LogP) is 3.32. The van der Waals surface area contributed by atoms with Crippen molar-refractivity contribution in [3.8, 4) is 17.1 Å². The van der Waals surface area contributed by atoms with Crippen molar-refractivity contribution in [1.29, 1.82) is 0 Å². The van der Waals surface area contributed by atoms with Crippen LogP contribution in [-0.4, -0.2) is 25.5 Å². The van der Waals surface area contributed by atoms with Crippen molar-refractivity contribution >= 4 is 12.3 Å². The standard InChI is InChI=1S/C17H18O5/c1-4-20-16(19)10-21-17-11(2)7-13(8-12(17)3)15-6-5-14(9-18)22-15/h5-9H,4,10H2,1-3H3. The van der Waals surface area contributed by atoms with Crippen LogP contribution >= 0.6 is 0 Å². The molecule has 0 amide bonds. The molecule has 5 heteroatoms. The highest BCUT2D eigenvalue weighted by atomic mass is 16.6. The van der Waals surface area contributed by atoms with E-state index in [4.69, 9.17) is 13.9 Å². The molecule has 116 valence electrons. The summed E-state index contributed by atoms with van der Waals surface area (Å²) in [6.07, 6.45) is 0.667. The molecule has 0 aliphatic carbocycles. The predicted molar refractivity (Wildman–Crippen MR) is 81.1 cm³/mol. The van der Waals surface area contributed by atoms with Crippen molar-refractivity contribution in [2.75, 3.05) is 13.2 Å². The molecule has 0 aliphatic rings. The topological polar surface area (TPSA) is 65.7 Å². The average Bonchev–Trinajstić information content (AvgIpc) is 2.95. The van der Waals surface area contributed by atoms with E-state index in [0.717, 1.165) is 16.7 Å². The molecular weight excluding hydrogens is 284 g/mol. The van der Waals surface area contributed by atoms with E-state index in [-0.39, 0.29) is 12.4 Å². The summed E-state index contributed by atoms with van der Waals surface area (Å²) in [5, 5.41) is 0. The number of carbonyl (C=O) groups excluding carboxylic acids is 2. The first kappa shape index (κ1) is 15.8. The Morgan fingerprint density at radius 3 is 2.45 bits per heavy atom. The highest BCUT2D eigenvalue weighted by molar-refractivity contribution is 5.73. The van der Waals surface area contributed by atoms with Crippen LogP contribution in [-0.2, 0) is 9.53 Å². The molecule has 0 saturated carbocycles. The van der Waals surface area contributed by atoms with Gasteiger partial charge in [-0.15, -0.1) is 0 Å². The smallest absolute Gasteiger partial charge is 0.344 e. The minimum absolute atomic E-state index is 0.120. The number of rotatable bonds is 6. The monoisotopic (exact) mass is 302 g/mol. The highest BCUT2D eigenvalue weighted by Gasteiger charge is 2.12. The first-order chi connectivity index (χ1) is 10.5. The Labute approximate surface area is 128 Å². The lowest BCUT2D eigenvalue weighted by Gasteiger charge is -2.13. The van der Waals surface area contributed by atoms with Crippen molar-refractivity contribution in [1.82, 2.24) is 0 Å². The van der Waals surface area contributed by atoms with Gasteiger partial charge in [0.1, 0.15) is 11.5 Å². The van der Waals surface area contributed by atoms with Gasteiger partial charge in [0.15, 0.2) is 18.7 Å². The number of esters is 1. The van der Waals surface area contributed by atoms with Gasteiger partial charge < -0.3 is 13.9 Å². The van der Waals surface area contributed by atoms with Crippen LogP contribution in [0.3, 0.4) is 0 Å². The number of ether oxygens (including phenoxy) is 2. The van der Waals surface area contributed by atoms with Gasteiger partial charge in [-0.1, -0.05) is 0 Å². The molecule has 0 saturated heterocycles. The van der Waals surface area contributed by atoms with E-state index in [1.807, 2.05) is 26.0 Å². The first-order valence-electron chi connectivity index (χ1n) is 7.00. The number of benzene rings is 1. The van der Waals surface area contributed by atoms with E-state index < -0.39 is 5.97 Å². The summed E-state index contributed by atoms with van der Waals surface area (Å²) in [7, 11) is 0. The van der Waals surface area contributed by atoms with Crippen LogP contribution in [0.25, 0.3) is 11.3 Å². The largest absolute Gasteiger partial charge is 0.481 e. The third kappa shape index (κ3) is 3.55. The summed E-state index contributed by atoms with van der Waals surface area (Å²) < 4.78 is 15.8. The molecule has 1 aromatic heterocycles. The maximum absolute atomic E-state index is 11.4. The number of carbonyl (C=O) groups is 2. The second kappa shape index (κ2) is 6.93. The Bertz CT molecular complexity index is 661. The normalized spacial score (nSPS) is 10.3. The molecule has 0 spiro atoms. The van der Waals surface area contributed by atoms with Gasteiger partial charge in [-0.3, -0.25) is 4.79 Å². The van der Waals surface area contributed by atoms with Gasteiger partial charge in [0.25, 0.3) is 0 Å². The van der Waals surface area contributed by atoms with Gasteiger partial charge in [-0.05, 0) is 56.2 Å². The third-order valence-electron chi connectivity index (χ3n) is 3.13. The van der Waals surface area contributed by atoms with Crippen LogP contribution in [0.15, 0.2) is 28.7 Å². The van der Waals surface area contributed by atoms with E-state index in [1.165, 1.54) is 0 Å². The lowest BCUT2D eigenvalue weighted by molar-refractivity contribution is -0.145. The zero-order chi connectivity index (χ0) is 16.1. The molecule has 2 aromatic rings. The summed E-state index contributed by atoms with van der Waals surface area (Å²) in [5.74, 6) is 1.16. The molecule has 22 heavy (non-hydrogen) atoms. The van der Waals surface area contributed by atoms with Crippen molar-refractivity contribution in [2.24, 2.45) is 0 Å². The molecule has 1 heterocycles. The SMILES string of the molecule is CCOC(=O)COc1c(C)cc(-c2ccc(C=O)o2)cc1C. The van der Waals surface area contributed by atoms with Gasteiger partial charge >= 0.3 is 5.97 Å². The molecular formula is C17H18O5. The van der Waals surface area contributed by atoms with Crippen LogP contribution in [0.1, 0.15) is 28.6 Å². The maximum Gasteiger partial charge on any atom is 0.344 e. The van der Waals surface area contributed by atoms with Crippen molar-refractivity contribution in [3.05, 3.63) is 41.2 Å². The highest BCUT2D eigenvalue weighted by Crippen LogP contribution is 2.31. The van der Waals surface area contributed by atoms with Gasteiger partial charge in [-0.2, -0.15) is 0 Å². The second-order valence-electron chi connectivity index (χ2n) is 4.85. The summed E-state index contributed by atoms with van der Waals surface area (Å²) in [5.41, 5.74) is 2.61. The Morgan fingerprint density at radius 2 is 1.91 bits per heavy atom. The minimum Gasteiger partial charge on any atom is -0.481 e. The van der Waals surface area contributed by atoms with Crippen LogP contribution in [0.2, 0.25) is 0 Å². The fraction of sp³-hybridized carbons (Fsp3) is 0.294. The van der Waals surface area contributed by atoms with Crippen molar-refractivity contribution in [3.63, 3.8) is 0 Å². The second-order valence-corrected chi connectivity index (χ2v) is 4.85. The van der Waals surface area contributed by atoms with Crippen molar-refractivity contribution < 1.29 is 23.5 Å². The summed E-state index contributed by atoms with van der Waals surface area (Å²) in [6, 6.07) is 7.15. The maximum atomic E-state index is 11.4. The molecule has 0 aliphatic heterocycles. The Kier molecular flexibility index (Phi) is 4.99. The molecule has 0 bridgehead atoms. The third-order valence-corrected chi connectivity index (χ3v) is 3.13. The Hall–Kier alpha value is -2.56. The van der Waals surface area contributed by atoms with Crippen LogP contribution in [0.5, 0.6) is 5.75 Å². The molecule has 5 nitrogen and oxygen atoms in total. The Morgan fingerprint density at radius 1 is 1.23 bits per heavy atom. The number of hydrogen-bond donors (Lipinski definition) is 0. The van der Waals surface area contributed by atoms with E-state index in [1.54, 1.807) is 19.1 Å². The molecule has 0 fully saturated rings. The lowest BCUT2D eigenvalue weighted by Crippen LogP contribution is -2.15. The summed E-state index contributed by atoms with van der Waals surface area (Å²) in [6.45, 7) is 5.74. The van der Waals surface area contributed by atoms with Gasteiger partial charge in [-0.25, -0.2) is 4.79 Å². The van der Waals surface area contributed by atoms with Crippen molar-refractivity contribution in [2.45, 2.75) is 20.8 Å². The van der Waals surface area contributed by atoms with Crippen LogP contribution < -0.4 is 4.74 Å². The van der Waals surface area contributed by atoms with E-state index in [2.05, 4.69) is 0 Å². The van der Waals surface area contributed by atoms with Crippen LogP contribution in [0, 0.1) is 13.8 Å². The fourth-order valence-electron chi connectivity index (χ4n) is 2.23. The minimum atomic E-state index is -0.396. The average molecular weight is 302 g/mol.